The summed E-state index contributed by atoms with van der Waals surface area (Å²) in [5, 5.41) is 3.84. The smallest absolute Gasteiger partial charge is 0.238 e. The molecule has 1 amide bonds. The monoisotopic (exact) mass is 403 g/mol. The molecule has 1 aliphatic rings. The number of likely N-dealkylation sites (tertiary alicyclic amines) is 1. The van der Waals surface area contributed by atoms with E-state index in [4.69, 9.17) is 27.6 Å². The molecule has 1 N–H and O–H groups in total. The highest BCUT2D eigenvalue weighted by Gasteiger charge is 2.25. The van der Waals surface area contributed by atoms with Crippen LogP contribution in [0.5, 0.6) is 0 Å². The average molecular weight is 404 g/mol. The van der Waals surface area contributed by atoms with E-state index in [1.165, 1.54) is 0 Å². The number of aromatic nitrogens is 1. The average Bonchev–Trinajstić information content (AvgIpc) is 3.09. The summed E-state index contributed by atoms with van der Waals surface area (Å²) in [6.45, 7) is 1.96. The van der Waals surface area contributed by atoms with Crippen LogP contribution in [0, 0.1) is 0 Å². The lowest BCUT2D eigenvalue weighted by molar-refractivity contribution is -0.117. The van der Waals surface area contributed by atoms with Crippen molar-refractivity contribution in [2.45, 2.75) is 18.8 Å². The van der Waals surface area contributed by atoms with Crippen LogP contribution in [0.4, 0.5) is 5.69 Å². The van der Waals surface area contributed by atoms with Crippen LogP contribution in [0.15, 0.2) is 46.9 Å². The number of rotatable bonds is 4. The Morgan fingerprint density at radius 2 is 1.96 bits per heavy atom. The number of nitrogens with zero attached hydrogens (tertiary/aromatic N) is 2. The number of para-hydroxylation sites is 2. The zero-order valence-corrected chi connectivity index (χ0v) is 16.1. The maximum atomic E-state index is 12.3. The van der Waals surface area contributed by atoms with Crippen molar-refractivity contribution >= 4 is 45.9 Å². The van der Waals surface area contributed by atoms with Crippen LogP contribution in [0.2, 0.25) is 10.0 Å². The number of carbonyl (C=O) groups is 1. The van der Waals surface area contributed by atoms with Crippen LogP contribution in [0.1, 0.15) is 24.7 Å². The van der Waals surface area contributed by atoms with E-state index in [1.54, 1.807) is 18.2 Å². The highest BCUT2D eigenvalue weighted by molar-refractivity contribution is 6.35. The van der Waals surface area contributed by atoms with Crippen LogP contribution >= 0.6 is 23.2 Å². The van der Waals surface area contributed by atoms with E-state index in [-0.39, 0.29) is 5.91 Å². The topological polar surface area (TPSA) is 58.4 Å². The summed E-state index contributed by atoms with van der Waals surface area (Å²) in [5.41, 5.74) is 2.26. The normalized spacial score (nSPS) is 15.9. The van der Waals surface area contributed by atoms with Gasteiger partial charge in [-0.2, -0.15) is 0 Å². The predicted octanol–water partition coefficient (Wildman–Crippen LogP) is 4.95. The molecule has 27 heavy (non-hydrogen) atoms. The molecule has 0 saturated carbocycles. The molecule has 0 radical (unpaired) electrons. The number of oxazole rings is 1. The number of hydrogen-bond donors (Lipinski definition) is 1. The molecule has 2 aromatic carbocycles. The molecule has 2 heterocycles. The van der Waals surface area contributed by atoms with Crippen molar-refractivity contribution in [3.63, 3.8) is 0 Å². The molecule has 0 unspecified atom stereocenters. The predicted molar refractivity (Wildman–Crippen MR) is 108 cm³/mol. The maximum absolute atomic E-state index is 12.3. The van der Waals surface area contributed by atoms with Gasteiger partial charge in [0.15, 0.2) is 11.5 Å². The van der Waals surface area contributed by atoms with E-state index in [0.29, 0.717) is 28.2 Å². The molecule has 140 valence electrons. The minimum Gasteiger partial charge on any atom is -0.440 e. The summed E-state index contributed by atoms with van der Waals surface area (Å²) in [4.78, 5) is 19.1. The van der Waals surface area contributed by atoms with Crippen molar-refractivity contribution in [1.29, 1.82) is 0 Å². The van der Waals surface area contributed by atoms with Crippen molar-refractivity contribution in [1.82, 2.24) is 9.88 Å². The van der Waals surface area contributed by atoms with Crippen molar-refractivity contribution in [3.05, 3.63) is 58.4 Å². The number of halogens is 2. The zero-order valence-electron chi connectivity index (χ0n) is 14.6. The van der Waals surface area contributed by atoms with E-state index in [2.05, 4.69) is 15.2 Å². The number of nitrogens with one attached hydrogen (secondary N) is 1. The summed E-state index contributed by atoms with van der Waals surface area (Å²) >= 11 is 12.1. The van der Waals surface area contributed by atoms with Gasteiger partial charge in [-0.3, -0.25) is 9.69 Å². The van der Waals surface area contributed by atoms with Crippen LogP contribution in [-0.4, -0.2) is 35.4 Å². The quantitative estimate of drug-likeness (QED) is 0.668. The third kappa shape index (κ3) is 4.26. The lowest BCUT2D eigenvalue weighted by Gasteiger charge is -2.29. The van der Waals surface area contributed by atoms with Gasteiger partial charge < -0.3 is 9.73 Å². The van der Waals surface area contributed by atoms with Gasteiger partial charge in [0.2, 0.25) is 5.91 Å². The largest absolute Gasteiger partial charge is 0.440 e. The summed E-state index contributed by atoms with van der Waals surface area (Å²) in [5.74, 6) is 0.990. The van der Waals surface area contributed by atoms with Crippen molar-refractivity contribution in [2.75, 3.05) is 25.0 Å². The number of piperidine rings is 1. The van der Waals surface area contributed by atoms with Gasteiger partial charge in [-0.1, -0.05) is 35.3 Å². The Morgan fingerprint density at radius 3 is 2.74 bits per heavy atom. The Hall–Kier alpha value is -2.08. The summed E-state index contributed by atoms with van der Waals surface area (Å²) < 4.78 is 5.89. The van der Waals surface area contributed by atoms with Gasteiger partial charge in [0.05, 0.1) is 17.3 Å². The molecule has 4 rings (SSSR count). The van der Waals surface area contributed by atoms with E-state index < -0.39 is 0 Å². The standard InChI is InChI=1S/C20H19Cl2N3O2/c21-14-5-6-15(22)17(11-14)23-19(26)12-25-9-7-13(8-10-25)20-24-16-3-1-2-4-18(16)27-20/h1-6,11,13H,7-10,12H2,(H,23,26). The van der Waals surface area contributed by atoms with Gasteiger partial charge in [-0.25, -0.2) is 4.98 Å². The van der Waals surface area contributed by atoms with Crippen LogP contribution in [-0.2, 0) is 4.79 Å². The second-order valence-electron chi connectivity index (χ2n) is 6.74. The van der Waals surface area contributed by atoms with Crippen molar-refractivity contribution in [3.8, 4) is 0 Å². The number of carbonyl (C=O) groups excluding carboxylic acids is 1. The first-order chi connectivity index (χ1) is 13.1. The second-order valence-corrected chi connectivity index (χ2v) is 7.59. The van der Waals surface area contributed by atoms with Gasteiger partial charge >= 0.3 is 0 Å². The van der Waals surface area contributed by atoms with E-state index in [9.17, 15) is 4.79 Å². The molecular formula is C20H19Cl2N3O2. The molecule has 0 aliphatic carbocycles. The molecule has 1 fully saturated rings. The van der Waals surface area contributed by atoms with Gasteiger partial charge in [0.25, 0.3) is 0 Å². The minimum absolute atomic E-state index is 0.0977. The first kappa shape index (κ1) is 18.3. The van der Waals surface area contributed by atoms with E-state index in [1.807, 2.05) is 24.3 Å². The second kappa shape index (κ2) is 7.89. The Labute approximate surface area is 167 Å². The van der Waals surface area contributed by atoms with Gasteiger partial charge in [-0.15, -0.1) is 0 Å². The fourth-order valence-corrected chi connectivity index (χ4v) is 3.73. The van der Waals surface area contributed by atoms with Gasteiger partial charge in [-0.05, 0) is 56.3 Å². The van der Waals surface area contributed by atoms with E-state index >= 15 is 0 Å². The molecule has 1 saturated heterocycles. The number of fused-ring (bicyclic) bond motifs is 1. The first-order valence-electron chi connectivity index (χ1n) is 8.91. The number of hydrogen-bond acceptors (Lipinski definition) is 4. The van der Waals surface area contributed by atoms with Crippen LogP contribution in [0.25, 0.3) is 11.1 Å². The number of amides is 1. The Morgan fingerprint density at radius 1 is 1.19 bits per heavy atom. The maximum Gasteiger partial charge on any atom is 0.238 e. The summed E-state index contributed by atoms with van der Waals surface area (Å²) in [7, 11) is 0. The van der Waals surface area contributed by atoms with Gasteiger partial charge in [0.1, 0.15) is 5.52 Å². The third-order valence-corrected chi connectivity index (χ3v) is 5.38. The summed E-state index contributed by atoms with van der Waals surface area (Å²) in [6.07, 6.45) is 1.83. The highest BCUT2D eigenvalue weighted by Crippen LogP contribution is 2.30. The van der Waals surface area contributed by atoms with Crippen LogP contribution < -0.4 is 5.32 Å². The number of benzene rings is 2. The van der Waals surface area contributed by atoms with Crippen molar-refractivity contribution in [2.24, 2.45) is 0 Å². The first-order valence-corrected chi connectivity index (χ1v) is 9.67. The molecule has 1 aliphatic heterocycles. The van der Waals surface area contributed by atoms with Gasteiger partial charge in [0, 0.05) is 10.9 Å². The lowest BCUT2D eigenvalue weighted by Crippen LogP contribution is -2.38. The molecule has 0 spiro atoms. The third-order valence-electron chi connectivity index (χ3n) is 4.82. The molecule has 0 atom stereocenters. The molecule has 5 nitrogen and oxygen atoms in total. The zero-order chi connectivity index (χ0) is 18.8. The molecule has 3 aromatic rings. The summed E-state index contributed by atoms with van der Waals surface area (Å²) in [6, 6.07) is 12.8. The molecular weight excluding hydrogens is 385 g/mol. The Balaban J connectivity index is 1.32. The molecule has 7 heteroatoms. The highest BCUT2D eigenvalue weighted by atomic mass is 35.5. The number of anilines is 1. The van der Waals surface area contributed by atoms with Crippen molar-refractivity contribution < 1.29 is 9.21 Å². The Kier molecular flexibility index (Phi) is 5.34. The minimum atomic E-state index is -0.0977. The van der Waals surface area contributed by atoms with E-state index in [0.717, 1.165) is 42.9 Å². The fourth-order valence-electron chi connectivity index (χ4n) is 3.39. The molecule has 1 aromatic heterocycles. The molecule has 0 bridgehead atoms. The fraction of sp³-hybridized carbons (Fsp3) is 0.300. The Bertz CT molecular complexity index is 932. The SMILES string of the molecule is O=C(CN1CCC(c2nc3ccccc3o2)CC1)Nc1cc(Cl)ccc1Cl. The lowest BCUT2D eigenvalue weighted by atomic mass is 9.97. The van der Waals surface area contributed by atoms with Crippen LogP contribution in [0.3, 0.4) is 0 Å².